The number of rotatable bonds is 10. The second-order valence-electron chi connectivity index (χ2n) is 6.96. The summed E-state index contributed by atoms with van der Waals surface area (Å²) in [5.74, 6) is 6.59. The predicted molar refractivity (Wildman–Crippen MR) is 119 cm³/mol. The fraction of sp³-hybridized carbons (Fsp3) is 0.400. The van der Waals surface area contributed by atoms with Gasteiger partial charge in [0.1, 0.15) is 0 Å². The van der Waals surface area contributed by atoms with Gasteiger partial charge in [0.25, 0.3) is 0 Å². The first-order chi connectivity index (χ1) is 13.2. The van der Waals surface area contributed by atoms with Gasteiger partial charge in [-0.05, 0) is 61.1 Å². The topological polar surface area (TPSA) is 0 Å². The van der Waals surface area contributed by atoms with Crippen molar-refractivity contribution in [2.45, 2.75) is 64.7 Å². The summed E-state index contributed by atoms with van der Waals surface area (Å²) < 4.78 is 0. The Hall–Kier alpha value is -1.42. The highest BCUT2D eigenvalue weighted by Gasteiger charge is 2.00. The Labute approximate surface area is 175 Å². The second-order valence-corrected chi connectivity index (χ2v) is 7.78. The molecule has 0 amide bonds. The maximum atomic E-state index is 6.06. The van der Waals surface area contributed by atoms with Crippen molar-refractivity contribution in [3.05, 3.63) is 75.6 Å². The van der Waals surface area contributed by atoms with Crippen molar-refractivity contribution in [1.82, 2.24) is 0 Å². The van der Waals surface area contributed by atoms with Crippen molar-refractivity contribution in [3.8, 4) is 11.8 Å². The smallest absolute Gasteiger partial charge is 0.0595 e. The zero-order valence-electron chi connectivity index (χ0n) is 16.2. The van der Waals surface area contributed by atoms with E-state index in [0.717, 1.165) is 24.8 Å². The molecule has 2 aromatic carbocycles. The van der Waals surface area contributed by atoms with Gasteiger partial charge in [0, 0.05) is 12.0 Å². The minimum Gasteiger partial charge on any atom is -0.0979 e. The molecule has 1 radical (unpaired) electrons. The monoisotopic (exact) mass is 399 g/mol. The van der Waals surface area contributed by atoms with Crippen molar-refractivity contribution >= 4 is 23.2 Å². The van der Waals surface area contributed by atoms with Gasteiger partial charge in [-0.15, -0.1) is 0 Å². The molecule has 0 nitrogen and oxygen atoms in total. The summed E-state index contributed by atoms with van der Waals surface area (Å²) in [7, 11) is 0. The van der Waals surface area contributed by atoms with Crippen LogP contribution in [0.2, 0.25) is 10.0 Å². The Morgan fingerprint density at radius 2 is 1.44 bits per heavy atom. The first-order valence-corrected chi connectivity index (χ1v) is 10.8. The molecule has 0 saturated carbocycles. The van der Waals surface area contributed by atoms with E-state index in [4.69, 9.17) is 23.2 Å². The highest BCUT2D eigenvalue weighted by atomic mass is 35.5. The molecule has 0 saturated heterocycles. The second kappa shape index (κ2) is 12.9. The molecular formula is C25H29Cl2. The Bertz CT molecular complexity index is 735. The van der Waals surface area contributed by atoms with Crippen molar-refractivity contribution in [3.63, 3.8) is 0 Å². The molecule has 0 spiro atoms. The van der Waals surface area contributed by atoms with Gasteiger partial charge in [-0.1, -0.05) is 92.3 Å². The van der Waals surface area contributed by atoms with Crippen molar-refractivity contribution in [1.29, 1.82) is 0 Å². The highest BCUT2D eigenvalue weighted by Crippen LogP contribution is 2.23. The lowest BCUT2D eigenvalue weighted by atomic mass is 10.0. The zero-order chi connectivity index (χ0) is 19.3. The normalized spacial score (nSPS) is 10.5. The molecule has 0 heterocycles. The average Bonchev–Trinajstić information content (AvgIpc) is 2.68. The summed E-state index contributed by atoms with van der Waals surface area (Å²) in [5.41, 5.74) is 3.59. The van der Waals surface area contributed by atoms with E-state index in [1.807, 2.05) is 18.2 Å². The number of unbranched alkanes of at least 4 members (excludes halogenated alkanes) is 6. The van der Waals surface area contributed by atoms with E-state index in [-0.39, 0.29) is 0 Å². The van der Waals surface area contributed by atoms with Gasteiger partial charge in [0.05, 0.1) is 10.0 Å². The Morgan fingerprint density at radius 1 is 0.778 bits per heavy atom. The van der Waals surface area contributed by atoms with Gasteiger partial charge in [-0.25, -0.2) is 0 Å². The van der Waals surface area contributed by atoms with E-state index in [9.17, 15) is 0 Å². The van der Waals surface area contributed by atoms with E-state index >= 15 is 0 Å². The van der Waals surface area contributed by atoms with Crippen LogP contribution in [0.1, 0.15) is 68.6 Å². The van der Waals surface area contributed by atoms with Crippen LogP contribution >= 0.6 is 23.2 Å². The maximum Gasteiger partial charge on any atom is 0.0595 e. The summed E-state index contributed by atoms with van der Waals surface area (Å²) in [4.78, 5) is 0. The molecule has 2 heteroatoms. The molecular weight excluding hydrogens is 371 g/mol. The van der Waals surface area contributed by atoms with E-state index in [2.05, 4.69) is 49.5 Å². The van der Waals surface area contributed by atoms with E-state index in [1.165, 1.54) is 49.7 Å². The Balaban J connectivity index is 1.67. The van der Waals surface area contributed by atoms with Crippen LogP contribution in [0.5, 0.6) is 0 Å². The third kappa shape index (κ3) is 8.87. The summed E-state index contributed by atoms with van der Waals surface area (Å²) in [6, 6.07) is 14.4. The first kappa shape index (κ1) is 21.9. The third-order valence-electron chi connectivity index (χ3n) is 4.59. The van der Waals surface area contributed by atoms with Crippen LogP contribution in [0, 0.1) is 18.3 Å². The molecule has 0 unspecified atom stereocenters. The standard InChI is InChI=1S/C25H29Cl2/c1-2-3-4-5-6-7-8-9-11-21-14-16-22(17-15-21)12-10-13-23-18-19-24(26)25(27)20-23/h10,14-20H,2-8,12-13H2,1H3. The summed E-state index contributed by atoms with van der Waals surface area (Å²) in [5, 5.41) is 1.22. The van der Waals surface area contributed by atoms with Gasteiger partial charge in [-0.2, -0.15) is 0 Å². The lowest BCUT2D eigenvalue weighted by Crippen LogP contribution is -1.91. The summed E-state index contributed by atoms with van der Waals surface area (Å²) >= 11 is 12.0. The van der Waals surface area contributed by atoms with Crippen LogP contribution < -0.4 is 0 Å². The number of hydrogen-bond donors (Lipinski definition) is 0. The lowest BCUT2D eigenvalue weighted by molar-refractivity contribution is 0.614. The SMILES string of the molecule is CCCCCCCCC#Cc1ccc(C[CH]Cc2ccc(Cl)c(Cl)c2)cc1. The quantitative estimate of drug-likeness (QED) is 0.279. The average molecular weight is 400 g/mol. The van der Waals surface area contributed by atoms with E-state index in [1.54, 1.807) is 0 Å². The molecule has 0 aromatic heterocycles. The first-order valence-electron chi connectivity index (χ1n) is 10.0. The molecule has 27 heavy (non-hydrogen) atoms. The minimum atomic E-state index is 0.605. The molecule has 0 aliphatic rings. The van der Waals surface area contributed by atoms with Crippen molar-refractivity contribution < 1.29 is 0 Å². The predicted octanol–water partition coefficient (Wildman–Crippen LogP) is 8.08. The molecule has 2 rings (SSSR count). The molecule has 2 aromatic rings. The van der Waals surface area contributed by atoms with Crippen LogP contribution in [-0.4, -0.2) is 0 Å². The molecule has 0 fully saturated rings. The fourth-order valence-corrected chi connectivity index (χ4v) is 3.28. The van der Waals surface area contributed by atoms with Crippen molar-refractivity contribution in [2.24, 2.45) is 0 Å². The van der Waals surface area contributed by atoms with Gasteiger partial charge in [0.15, 0.2) is 0 Å². The third-order valence-corrected chi connectivity index (χ3v) is 5.33. The number of benzene rings is 2. The molecule has 143 valence electrons. The van der Waals surface area contributed by atoms with Crippen LogP contribution in [-0.2, 0) is 12.8 Å². The van der Waals surface area contributed by atoms with Gasteiger partial charge < -0.3 is 0 Å². The molecule has 0 bridgehead atoms. The van der Waals surface area contributed by atoms with Crippen LogP contribution in [0.3, 0.4) is 0 Å². The van der Waals surface area contributed by atoms with Crippen LogP contribution in [0.4, 0.5) is 0 Å². The lowest BCUT2D eigenvalue weighted by Gasteiger charge is -2.04. The van der Waals surface area contributed by atoms with Gasteiger partial charge in [-0.3, -0.25) is 0 Å². The Kier molecular flexibility index (Phi) is 10.4. The summed E-state index contributed by atoms with van der Waals surface area (Å²) in [6.07, 6.45) is 13.0. The zero-order valence-corrected chi connectivity index (χ0v) is 17.8. The number of halogens is 2. The number of hydrogen-bond acceptors (Lipinski definition) is 0. The van der Waals surface area contributed by atoms with E-state index in [0.29, 0.717) is 10.0 Å². The van der Waals surface area contributed by atoms with Gasteiger partial charge >= 0.3 is 0 Å². The molecule has 0 N–H and O–H groups in total. The molecule has 0 aliphatic carbocycles. The van der Waals surface area contributed by atoms with Gasteiger partial charge in [0.2, 0.25) is 0 Å². The summed E-state index contributed by atoms with van der Waals surface area (Å²) in [6.45, 7) is 2.25. The highest BCUT2D eigenvalue weighted by molar-refractivity contribution is 6.42. The minimum absolute atomic E-state index is 0.605. The Morgan fingerprint density at radius 3 is 2.19 bits per heavy atom. The molecule has 0 aliphatic heterocycles. The van der Waals surface area contributed by atoms with Crippen LogP contribution in [0.15, 0.2) is 42.5 Å². The largest absolute Gasteiger partial charge is 0.0979 e. The van der Waals surface area contributed by atoms with E-state index < -0.39 is 0 Å². The fourth-order valence-electron chi connectivity index (χ4n) is 2.95. The maximum absolute atomic E-state index is 6.06. The van der Waals surface area contributed by atoms with Crippen molar-refractivity contribution in [2.75, 3.05) is 0 Å². The van der Waals surface area contributed by atoms with Crippen LogP contribution in [0.25, 0.3) is 0 Å². The molecule has 0 atom stereocenters.